The number of benzene rings is 3. The third-order valence-corrected chi connectivity index (χ3v) is 5.93. The van der Waals surface area contributed by atoms with Crippen LogP contribution in [0.1, 0.15) is 28.3 Å². The summed E-state index contributed by atoms with van der Waals surface area (Å²) in [6.45, 7) is 6.50. The molecule has 3 aromatic rings. The van der Waals surface area contributed by atoms with Crippen LogP contribution in [0.2, 0.25) is 0 Å². The standard InChI is InChI=1S/C27H32N2O3/c1-20-9-11-22(12-10-20)26(29-15-13-28-14-16-29)23-17-24(30-2)27(25(18-23)31-3)32-19-21-7-5-4-6-8-21/h4-12,17-18,26,28H,13-16,19H2,1-3H3. The van der Waals surface area contributed by atoms with Crippen molar-refractivity contribution in [1.82, 2.24) is 10.2 Å². The van der Waals surface area contributed by atoms with Gasteiger partial charge in [-0.25, -0.2) is 0 Å². The summed E-state index contributed by atoms with van der Waals surface area (Å²) < 4.78 is 17.7. The van der Waals surface area contributed by atoms with E-state index in [4.69, 9.17) is 14.2 Å². The Morgan fingerprint density at radius 2 is 1.47 bits per heavy atom. The molecule has 5 heteroatoms. The van der Waals surface area contributed by atoms with E-state index >= 15 is 0 Å². The van der Waals surface area contributed by atoms with E-state index in [2.05, 4.69) is 53.5 Å². The lowest BCUT2D eigenvalue weighted by Crippen LogP contribution is -2.45. The quantitative estimate of drug-likeness (QED) is 0.564. The monoisotopic (exact) mass is 432 g/mol. The minimum Gasteiger partial charge on any atom is -0.493 e. The van der Waals surface area contributed by atoms with Gasteiger partial charge in [0.25, 0.3) is 0 Å². The van der Waals surface area contributed by atoms with Crippen molar-refractivity contribution < 1.29 is 14.2 Å². The van der Waals surface area contributed by atoms with Crippen molar-refractivity contribution in [2.45, 2.75) is 19.6 Å². The Bertz CT molecular complexity index is 974. The van der Waals surface area contributed by atoms with Crippen molar-refractivity contribution in [3.8, 4) is 17.2 Å². The average molecular weight is 433 g/mol. The van der Waals surface area contributed by atoms with Gasteiger partial charge in [0.1, 0.15) is 6.61 Å². The van der Waals surface area contributed by atoms with Gasteiger partial charge >= 0.3 is 0 Å². The Hall–Kier alpha value is -3.02. The summed E-state index contributed by atoms with van der Waals surface area (Å²) in [6.07, 6.45) is 0. The topological polar surface area (TPSA) is 43.0 Å². The van der Waals surface area contributed by atoms with Gasteiger partial charge in [-0.2, -0.15) is 0 Å². The molecule has 0 spiro atoms. The van der Waals surface area contributed by atoms with Crippen molar-refractivity contribution in [3.05, 3.63) is 89.0 Å². The number of nitrogens with zero attached hydrogens (tertiary/aromatic N) is 1. The maximum atomic E-state index is 6.16. The van der Waals surface area contributed by atoms with Crippen LogP contribution in [-0.2, 0) is 6.61 Å². The average Bonchev–Trinajstić information content (AvgIpc) is 2.85. The largest absolute Gasteiger partial charge is 0.493 e. The van der Waals surface area contributed by atoms with Gasteiger partial charge in [-0.1, -0.05) is 60.2 Å². The fraction of sp³-hybridized carbons (Fsp3) is 0.333. The SMILES string of the molecule is COc1cc(C(c2ccc(C)cc2)N2CCNCC2)cc(OC)c1OCc1ccccc1. The second kappa shape index (κ2) is 10.5. The first-order chi connectivity index (χ1) is 15.7. The molecule has 1 saturated heterocycles. The van der Waals surface area contributed by atoms with Crippen LogP contribution < -0.4 is 19.5 Å². The van der Waals surface area contributed by atoms with Gasteiger partial charge in [-0.15, -0.1) is 0 Å². The summed E-state index contributed by atoms with van der Waals surface area (Å²) >= 11 is 0. The molecule has 1 atom stereocenters. The van der Waals surface area contributed by atoms with Crippen molar-refractivity contribution in [1.29, 1.82) is 0 Å². The zero-order chi connectivity index (χ0) is 22.3. The first-order valence-electron chi connectivity index (χ1n) is 11.1. The molecule has 168 valence electrons. The van der Waals surface area contributed by atoms with Crippen molar-refractivity contribution >= 4 is 0 Å². The number of rotatable bonds is 8. The van der Waals surface area contributed by atoms with E-state index < -0.39 is 0 Å². The highest BCUT2D eigenvalue weighted by Gasteiger charge is 2.27. The fourth-order valence-corrected chi connectivity index (χ4v) is 4.23. The molecule has 1 unspecified atom stereocenters. The van der Waals surface area contributed by atoms with Crippen LogP contribution in [0.4, 0.5) is 0 Å². The van der Waals surface area contributed by atoms with Gasteiger partial charge < -0.3 is 19.5 Å². The van der Waals surface area contributed by atoms with Crippen molar-refractivity contribution in [2.75, 3.05) is 40.4 Å². The summed E-state index contributed by atoms with van der Waals surface area (Å²) in [4.78, 5) is 2.51. The smallest absolute Gasteiger partial charge is 0.203 e. The van der Waals surface area contributed by atoms with E-state index in [1.54, 1.807) is 14.2 Å². The molecule has 0 aliphatic carbocycles. The van der Waals surface area contributed by atoms with Crippen LogP contribution in [0, 0.1) is 6.92 Å². The Morgan fingerprint density at radius 3 is 2.06 bits per heavy atom. The number of nitrogens with one attached hydrogen (secondary N) is 1. The molecule has 5 nitrogen and oxygen atoms in total. The van der Waals surface area contributed by atoms with E-state index in [1.807, 2.05) is 30.3 Å². The van der Waals surface area contributed by atoms with Crippen LogP contribution in [0.5, 0.6) is 17.2 Å². The number of hydrogen-bond acceptors (Lipinski definition) is 5. The molecule has 0 bridgehead atoms. The van der Waals surface area contributed by atoms with Crippen LogP contribution in [0.3, 0.4) is 0 Å². The van der Waals surface area contributed by atoms with E-state index in [-0.39, 0.29) is 6.04 Å². The second-order valence-electron chi connectivity index (χ2n) is 8.13. The zero-order valence-electron chi connectivity index (χ0n) is 19.1. The fourth-order valence-electron chi connectivity index (χ4n) is 4.23. The highest BCUT2D eigenvalue weighted by atomic mass is 16.5. The van der Waals surface area contributed by atoms with Crippen molar-refractivity contribution in [2.24, 2.45) is 0 Å². The Balaban J connectivity index is 1.71. The summed E-state index contributed by atoms with van der Waals surface area (Å²) in [5.74, 6) is 2.00. The molecule has 0 saturated carbocycles. The molecule has 0 amide bonds. The zero-order valence-corrected chi connectivity index (χ0v) is 19.1. The molecule has 1 N–H and O–H groups in total. The first kappa shape index (κ1) is 22.2. The molecular formula is C27H32N2O3. The molecule has 1 heterocycles. The van der Waals surface area contributed by atoms with Crippen LogP contribution >= 0.6 is 0 Å². The predicted molar refractivity (Wildman–Crippen MR) is 128 cm³/mol. The van der Waals surface area contributed by atoms with E-state index in [0.717, 1.165) is 37.3 Å². The van der Waals surface area contributed by atoms with Gasteiger partial charge in [0.15, 0.2) is 11.5 Å². The molecule has 1 aliphatic rings. The highest BCUT2D eigenvalue weighted by Crippen LogP contribution is 2.43. The maximum Gasteiger partial charge on any atom is 0.203 e. The summed E-state index contributed by atoms with van der Waals surface area (Å²) in [5, 5.41) is 3.46. The lowest BCUT2D eigenvalue weighted by Gasteiger charge is -2.36. The Morgan fingerprint density at radius 1 is 0.844 bits per heavy atom. The van der Waals surface area contributed by atoms with Crippen LogP contribution in [0.15, 0.2) is 66.7 Å². The van der Waals surface area contributed by atoms with E-state index in [1.165, 1.54) is 11.1 Å². The predicted octanol–water partition coefficient (Wildman–Crippen LogP) is 4.59. The minimum atomic E-state index is 0.115. The van der Waals surface area contributed by atoms with Crippen molar-refractivity contribution in [3.63, 3.8) is 0 Å². The number of hydrogen-bond donors (Lipinski definition) is 1. The maximum absolute atomic E-state index is 6.16. The number of methoxy groups -OCH3 is 2. The summed E-state index contributed by atoms with van der Waals surface area (Å²) in [6, 6.07) is 23.2. The Labute approximate surface area is 190 Å². The van der Waals surface area contributed by atoms with E-state index in [0.29, 0.717) is 23.9 Å². The lowest BCUT2D eigenvalue weighted by molar-refractivity contribution is 0.197. The third-order valence-electron chi connectivity index (χ3n) is 5.93. The van der Waals surface area contributed by atoms with Gasteiger partial charge in [0.05, 0.1) is 20.3 Å². The van der Waals surface area contributed by atoms with Crippen LogP contribution in [-0.4, -0.2) is 45.3 Å². The van der Waals surface area contributed by atoms with Gasteiger partial charge in [-0.05, 0) is 35.7 Å². The second-order valence-corrected chi connectivity index (χ2v) is 8.13. The molecule has 0 radical (unpaired) electrons. The number of ether oxygens (including phenoxy) is 3. The molecular weight excluding hydrogens is 400 g/mol. The van der Waals surface area contributed by atoms with Gasteiger partial charge in [-0.3, -0.25) is 4.90 Å². The number of piperazine rings is 1. The van der Waals surface area contributed by atoms with Crippen LogP contribution in [0.25, 0.3) is 0 Å². The molecule has 3 aromatic carbocycles. The highest BCUT2D eigenvalue weighted by molar-refractivity contribution is 5.55. The normalized spacial score (nSPS) is 15.2. The first-order valence-corrected chi connectivity index (χ1v) is 11.1. The van der Waals surface area contributed by atoms with Gasteiger partial charge in [0, 0.05) is 26.2 Å². The summed E-state index contributed by atoms with van der Waals surface area (Å²) in [7, 11) is 3.36. The molecule has 4 rings (SSSR count). The third kappa shape index (κ3) is 5.06. The lowest BCUT2D eigenvalue weighted by atomic mass is 9.95. The summed E-state index contributed by atoms with van der Waals surface area (Å²) in [5.41, 5.74) is 4.75. The molecule has 0 aromatic heterocycles. The number of aryl methyl sites for hydroxylation is 1. The minimum absolute atomic E-state index is 0.115. The molecule has 32 heavy (non-hydrogen) atoms. The van der Waals surface area contributed by atoms with Gasteiger partial charge in [0.2, 0.25) is 5.75 Å². The molecule has 1 fully saturated rings. The Kier molecular flexibility index (Phi) is 7.30. The molecule has 1 aliphatic heterocycles. The van der Waals surface area contributed by atoms with E-state index in [9.17, 15) is 0 Å².